The highest BCUT2D eigenvalue weighted by molar-refractivity contribution is 6.34. The first kappa shape index (κ1) is 12.1. The van der Waals surface area contributed by atoms with E-state index in [4.69, 9.17) is 4.52 Å². The molecule has 1 aliphatic rings. The number of fused-ring (bicyclic) bond motifs is 1. The lowest BCUT2D eigenvalue weighted by Crippen LogP contribution is -2.03. The minimum atomic E-state index is -0.572. The molecule has 0 fully saturated rings. The van der Waals surface area contributed by atoms with E-state index in [9.17, 15) is 14.9 Å². The molecular formula is C13H9N3O4. The highest BCUT2D eigenvalue weighted by Crippen LogP contribution is 2.34. The number of rotatable bonds is 2. The van der Waals surface area contributed by atoms with Crippen LogP contribution in [-0.2, 0) is 4.79 Å². The minimum absolute atomic E-state index is 0.0330. The summed E-state index contributed by atoms with van der Waals surface area (Å²) in [6.07, 6.45) is 1.35. The molecule has 0 saturated heterocycles. The topological polar surface area (TPSA) is 98.3 Å². The van der Waals surface area contributed by atoms with Crippen LogP contribution >= 0.6 is 0 Å². The second-order valence-corrected chi connectivity index (χ2v) is 4.30. The standard InChI is InChI=1S/C13H9N3O4/c1-7-12(16(18)19)11(20-15-7)6-9-8-4-2-3-5-10(8)14-13(9)17/h2-6H,1H3,(H,14,17)/b9-6-. The number of benzene rings is 1. The molecular weight excluding hydrogens is 262 g/mol. The Morgan fingerprint density at radius 2 is 2.15 bits per heavy atom. The summed E-state index contributed by atoms with van der Waals surface area (Å²) >= 11 is 0. The molecule has 100 valence electrons. The van der Waals surface area contributed by atoms with Crippen LogP contribution in [0.2, 0.25) is 0 Å². The van der Waals surface area contributed by atoms with Crippen LogP contribution in [0.25, 0.3) is 11.6 Å². The predicted molar refractivity (Wildman–Crippen MR) is 70.8 cm³/mol. The van der Waals surface area contributed by atoms with Gasteiger partial charge >= 0.3 is 5.69 Å². The summed E-state index contributed by atoms with van der Waals surface area (Å²) in [5.41, 5.74) is 1.62. The number of nitro groups is 1. The van der Waals surface area contributed by atoms with Crippen molar-refractivity contribution >= 4 is 28.9 Å². The molecule has 1 N–H and O–H groups in total. The molecule has 0 unspecified atom stereocenters. The van der Waals surface area contributed by atoms with Gasteiger partial charge in [0.1, 0.15) is 0 Å². The van der Waals surface area contributed by atoms with E-state index in [-0.39, 0.29) is 23.0 Å². The Labute approximate surface area is 113 Å². The number of amides is 1. The SMILES string of the molecule is Cc1noc(/C=C2\C(=O)Nc3ccccc32)c1[N+](=O)[O-]. The van der Waals surface area contributed by atoms with Crippen LogP contribution in [0.1, 0.15) is 17.0 Å². The van der Waals surface area contributed by atoms with Crippen molar-refractivity contribution in [2.45, 2.75) is 6.92 Å². The average molecular weight is 271 g/mol. The average Bonchev–Trinajstić information content (AvgIpc) is 2.92. The smallest absolute Gasteiger partial charge is 0.338 e. The van der Waals surface area contributed by atoms with Gasteiger partial charge in [0.05, 0.1) is 10.5 Å². The number of anilines is 1. The Bertz CT molecular complexity index is 761. The number of hydrogen-bond donors (Lipinski definition) is 1. The summed E-state index contributed by atoms with van der Waals surface area (Å²) in [6, 6.07) is 7.10. The van der Waals surface area contributed by atoms with Crippen LogP contribution < -0.4 is 5.32 Å². The van der Waals surface area contributed by atoms with Crippen LogP contribution in [0.4, 0.5) is 11.4 Å². The van der Waals surface area contributed by atoms with Gasteiger partial charge in [-0.05, 0) is 13.0 Å². The van der Waals surface area contributed by atoms with Gasteiger partial charge in [-0.25, -0.2) is 0 Å². The fourth-order valence-electron chi connectivity index (χ4n) is 2.11. The van der Waals surface area contributed by atoms with Crippen molar-refractivity contribution in [3.63, 3.8) is 0 Å². The van der Waals surface area contributed by atoms with E-state index in [1.807, 2.05) is 0 Å². The molecule has 3 rings (SSSR count). The molecule has 7 nitrogen and oxygen atoms in total. The monoisotopic (exact) mass is 271 g/mol. The molecule has 1 amide bonds. The lowest BCUT2D eigenvalue weighted by atomic mass is 10.1. The zero-order valence-corrected chi connectivity index (χ0v) is 10.4. The molecule has 1 aromatic carbocycles. The van der Waals surface area contributed by atoms with E-state index >= 15 is 0 Å². The highest BCUT2D eigenvalue weighted by atomic mass is 16.6. The fourth-order valence-corrected chi connectivity index (χ4v) is 2.11. The Hall–Kier alpha value is -2.96. The number of carbonyl (C=O) groups excluding carboxylic acids is 1. The van der Waals surface area contributed by atoms with E-state index in [1.54, 1.807) is 24.3 Å². The minimum Gasteiger partial charge on any atom is -0.349 e. The molecule has 20 heavy (non-hydrogen) atoms. The van der Waals surface area contributed by atoms with Gasteiger partial charge in [0, 0.05) is 17.3 Å². The number of aryl methyl sites for hydroxylation is 1. The molecule has 0 atom stereocenters. The van der Waals surface area contributed by atoms with Crippen molar-refractivity contribution in [1.29, 1.82) is 0 Å². The van der Waals surface area contributed by atoms with Crippen molar-refractivity contribution in [2.75, 3.05) is 5.32 Å². The van der Waals surface area contributed by atoms with Crippen LogP contribution in [0.5, 0.6) is 0 Å². The van der Waals surface area contributed by atoms with Crippen molar-refractivity contribution in [1.82, 2.24) is 5.16 Å². The van der Waals surface area contributed by atoms with Gasteiger partial charge in [0.15, 0.2) is 5.69 Å². The summed E-state index contributed by atoms with van der Waals surface area (Å²) in [6.45, 7) is 1.48. The molecule has 1 aliphatic heterocycles. The number of hydrogen-bond acceptors (Lipinski definition) is 5. The second-order valence-electron chi connectivity index (χ2n) is 4.30. The number of nitrogens with one attached hydrogen (secondary N) is 1. The zero-order valence-electron chi connectivity index (χ0n) is 10.4. The molecule has 1 aromatic heterocycles. The fraction of sp³-hybridized carbons (Fsp3) is 0.0769. The molecule has 0 bridgehead atoms. The van der Waals surface area contributed by atoms with Gasteiger partial charge in [-0.2, -0.15) is 0 Å². The van der Waals surface area contributed by atoms with Crippen molar-refractivity contribution < 1.29 is 14.2 Å². The van der Waals surface area contributed by atoms with E-state index in [2.05, 4.69) is 10.5 Å². The van der Waals surface area contributed by atoms with E-state index in [0.717, 1.165) is 0 Å². The van der Waals surface area contributed by atoms with Crippen LogP contribution in [0.3, 0.4) is 0 Å². The zero-order chi connectivity index (χ0) is 14.3. The number of nitrogens with zero attached hydrogens (tertiary/aromatic N) is 2. The Morgan fingerprint density at radius 1 is 1.40 bits per heavy atom. The number of aromatic nitrogens is 1. The van der Waals surface area contributed by atoms with Gasteiger partial charge in [-0.15, -0.1) is 0 Å². The normalized spacial score (nSPS) is 15.2. The maximum atomic E-state index is 11.9. The summed E-state index contributed by atoms with van der Waals surface area (Å²) < 4.78 is 4.93. The van der Waals surface area contributed by atoms with Crippen LogP contribution in [0, 0.1) is 17.0 Å². The summed E-state index contributed by atoms with van der Waals surface area (Å²) in [4.78, 5) is 22.3. The maximum absolute atomic E-state index is 11.9. The maximum Gasteiger partial charge on any atom is 0.338 e. The largest absolute Gasteiger partial charge is 0.349 e. The lowest BCUT2D eigenvalue weighted by molar-refractivity contribution is -0.386. The summed E-state index contributed by atoms with van der Waals surface area (Å²) in [7, 11) is 0. The Morgan fingerprint density at radius 3 is 2.90 bits per heavy atom. The molecule has 7 heteroatoms. The van der Waals surface area contributed by atoms with Crippen LogP contribution in [-0.4, -0.2) is 16.0 Å². The predicted octanol–water partition coefficient (Wildman–Crippen LogP) is 2.38. The number of para-hydroxylation sites is 1. The number of carbonyl (C=O) groups is 1. The first-order chi connectivity index (χ1) is 9.58. The van der Waals surface area contributed by atoms with Gasteiger partial charge in [-0.1, -0.05) is 23.4 Å². The molecule has 0 aliphatic carbocycles. The van der Waals surface area contributed by atoms with E-state index < -0.39 is 4.92 Å². The highest BCUT2D eigenvalue weighted by Gasteiger charge is 2.28. The Balaban J connectivity index is 2.14. The third kappa shape index (κ3) is 1.76. The van der Waals surface area contributed by atoms with Crippen LogP contribution in [0.15, 0.2) is 28.8 Å². The van der Waals surface area contributed by atoms with Crippen molar-refractivity contribution in [3.05, 3.63) is 51.4 Å². The summed E-state index contributed by atoms with van der Waals surface area (Å²) in [5, 5.41) is 17.2. The first-order valence-electron chi connectivity index (χ1n) is 5.81. The second kappa shape index (κ2) is 4.30. The lowest BCUT2D eigenvalue weighted by Gasteiger charge is -1.95. The van der Waals surface area contributed by atoms with E-state index in [1.165, 1.54) is 13.0 Å². The molecule has 0 spiro atoms. The van der Waals surface area contributed by atoms with Crippen molar-refractivity contribution in [2.24, 2.45) is 0 Å². The van der Waals surface area contributed by atoms with E-state index in [0.29, 0.717) is 16.8 Å². The van der Waals surface area contributed by atoms with Gasteiger partial charge in [-0.3, -0.25) is 14.9 Å². The van der Waals surface area contributed by atoms with Gasteiger partial charge in [0.2, 0.25) is 5.76 Å². The third-order valence-corrected chi connectivity index (χ3v) is 3.03. The summed E-state index contributed by atoms with van der Waals surface area (Å²) in [5.74, 6) is -0.357. The Kier molecular flexibility index (Phi) is 2.60. The third-order valence-electron chi connectivity index (χ3n) is 3.03. The first-order valence-corrected chi connectivity index (χ1v) is 5.81. The quantitative estimate of drug-likeness (QED) is 0.513. The molecule has 0 radical (unpaired) electrons. The van der Waals surface area contributed by atoms with Crippen molar-refractivity contribution in [3.8, 4) is 0 Å². The van der Waals surface area contributed by atoms with Gasteiger partial charge < -0.3 is 9.84 Å². The molecule has 2 aromatic rings. The molecule has 2 heterocycles. The molecule has 0 saturated carbocycles. The van der Waals surface area contributed by atoms with Gasteiger partial charge in [0.25, 0.3) is 5.91 Å².